The molecule has 0 fully saturated rings. The van der Waals surface area contributed by atoms with E-state index in [0.29, 0.717) is 0 Å². The topological polar surface area (TPSA) is 17.1 Å². The molecule has 1 aromatic carbocycles. The predicted molar refractivity (Wildman–Crippen MR) is 56.9 cm³/mol. The van der Waals surface area contributed by atoms with Crippen molar-refractivity contribution < 1.29 is 4.79 Å². The second-order valence-electron chi connectivity index (χ2n) is 2.88. The van der Waals surface area contributed by atoms with Crippen LogP contribution in [0, 0.1) is 5.92 Å². The van der Waals surface area contributed by atoms with E-state index in [1.807, 2.05) is 44.2 Å². The van der Waals surface area contributed by atoms with Gasteiger partial charge in [0.25, 0.3) is 0 Å². The minimum atomic E-state index is 0. The molecule has 2 heteroatoms. The molecule has 0 spiro atoms. The fraction of sp³-hybridized carbons (Fsp3) is 0.300. The van der Waals surface area contributed by atoms with Gasteiger partial charge in [-0.1, -0.05) is 44.2 Å². The van der Waals surface area contributed by atoms with Gasteiger partial charge in [0, 0.05) is 11.5 Å². The van der Waals surface area contributed by atoms with Gasteiger partial charge in [0.15, 0.2) is 5.78 Å². The van der Waals surface area contributed by atoms with E-state index in [0.717, 1.165) is 5.56 Å². The molecule has 1 rings (SSSR count). The second kappa shape index (κ2) is 5.14. The normalized spacial score (nSPS) is 9.25. The Morgan fingerprint density at radius 2 is 1.67 bits per heavy atom. The summed E-state index contributed by atoms with van der Waals surface area (Å²) in [5, 5.41) is 0. The number of hydrogen-bond acceptors (Lipinski definition) is 1. The summed E-state index contributed by atoms with van der Waals surface area (Å²) in [6.45, 7) is 3.82. The molecule has 12 heavy (non-hydrogen) atoms. The van der Waals surface area contributed by atoms with Gasteiger partial charge in [0.1, 0.15) is 0 Å². The number of hydrogen-bond donors (Lipinski definition) is 0. The average molecular weight is 225 g/mol. The van der Waals surface area contributed by atoms with Crippen molar-refractivity contribution in [3.05, 3.63) is 35.9 Å². The van der Waals surface area contributed by atoms with Crippen molar-refractivity contribution in [3.63, 3.8) is 0 Å². The van der Waals surface area contributed by atoms with Gasteiger partial charge in [0.2, 0.25) is 0 Å². The first-order valence-corrected chi connectivity index (χ1v) is 3.81. The number of ketones is 1. The number of benzene rings is 1. The minimum absolute atomic E-state index is 0. The molecule has 1 nitrogen and oxygen atoms in total. The van der Waals surface area contributed by atoms with Crippen molar-refractivity contribution in [1.82, 2.24) is 0 Å². The van der Waals surface area contributed by atoms with Crippen molar-refractivity contribution in [1.29, 1.82) is 0 Å². The zero-order valence-corrected chi connectivity index (χ0v) is 6.87. The van der Waals surface area contributed by atoms with E-state index in [1.54, 1.807) is 0 Å². The van der Waals surface area contributed by atoms with E-state index in [2.05, 4.69) is 0 Å². The van der Waals surface area contributed by atoms with Gasteiger partial charge in [-0.15, -0.1) is 0 Å². The summed E-state index contributed by atoms with van der Waals surface area (Å²) >= 11 is 0. The van der Waals surface area contributed by atoms with Crippen LogP contribution in [0.2, 0.25) is 0 Å². The van der Waals surface area contributed by atoms with Crippen LogP contribution in [0.25, 0.3) is 0 Å². The van der Waals surface area contributed by atoms with E-state index in [4.69, 9.17) is 0 Å². The molecule has 0 saturated heterocycles. The van der Waals surface area contributed by atoms with Crippen LogP contribution in [0.3, 0.4) is 0 Å². The molecular weight excluding hydrogens is 209 g/mol. The fourth-order valence-electron chi connectivity index (χ4n) is 0.936. The van der Waals surface area contributed by atoms with E-state index in [-0.39, 0.29) is 29.3 Å². The molecule has 0 unspecified atom stereocenters. The Labute approximate surface area is 84.2 Å². The van der Waals surface area contributed by atoms with Crippen LogP contribution in [0.4, 0.5) is 0 Å². The summed E-state index contributed by atoms with van der Waals surface area (Å²) in [4.78, 5) is 11.3. The molecule has 1 aromatic rings. The van der Waals surface area contributed by atoms with Gasteiger partial charge in [0.05, 0.1) is 0 Å². The number of rotatable bonds is 2. The first-order chi connectivity index (χ1) is 5.22. The predicted octanol–water partition coefficient (Wildman–Crippen LogP) is 1.07. The average Bonchev–Trinajstić information content (AvgIpc) is 2.05. The van der Waals surface area contributed by atoms with Gasteiger partial charge < -0.3 is 0 Å². The number of Topliss-reactive ketones (excluding diaryl/α,β-unsaturated/α-hetero) is 1. The zero-order chi connectivity index (χ0) is 8.27. The molecule has 0 bridgehead atoms. The molecule has 0 atom stereocenters. The Balaban J connectivity index is 0.00000121. The van der Waals surface area contributed by atoms with Crippen LogP contribution >= 0.6 is 0 Å². The van der Waals surface area contributed by atoms with Gasteiger partial charge in [-0.3, -0.25) is 4.79 Å². The maximum atomic E-state index is 11.3. The van der Waals surface area contributed by atoms with Crippen molar-refractivity contribution in [2.45, 2.75) is 13.8 Å². The zero-order valence-electron chi connectivity index (χ0n) is 6.87. The molecule has 66 valence electrons. The van der Waals surface area contributed by atoms with Crippen molar-refractivity contribution in [3.8, 4) is 0 Å². The molecule has 0 saturated carbocycles. The summed E-state index contributed by atoms with van der Waals surface area (Å²) in [5.74, 6) is 0.308. The van der Waals surface area contributed by atoms with Gasteiger partial charge in [-0.25, -0.2) is 0 Å². The van der Waals surface area contributed by atoms with Crippen molar-refractivity contribution in [2.24, 2.45) is 5.92 Å². The fourth-order valence-corrected chi connectivity index (χ4v) is 0.936. The molecule has 0 amide bonds. The van der Waals surface area contributed by atoms with E-state index in [1.165, 1.54) is 0 Å². The van der Waals surface area contributed by atoms with E-state index >= 15 is 0 Å². The third kappa shape index (κ3) is 2.82. The molecule has 0 heterocycles. The summed E-state index contributed by atoms with van der Waals surface area (Å²) in [7, 11) is 0. The van der Waals surface area contributed by atoms with E-state index in [9.17, 15) is 4.79 Å². The Kier molecular flexibility index (Phi) is 4.90. The van der Waals surface area contributed by atoms with Crippen LogP contribution in [-0.4, -0.2) is 23.4 Å². The number of carbonyl (C=O) groups excluding carboxylic acids is 1. The summed E-state index contributed by atoms with van der Waals surface area (Å²) in [5.41, 5.74) is 0.808. The molecule has 0 aliphatic rings. The second-order valence-corrected chi connectivity index (χ2v) is 2.88. The van der Waals surface area contributed by atoms with Crippen molar-refractivity contribution >= 4 is 23.4 Å². The van der Waals surface area contributed by atoms with Crippen LogP contribution in [0.1, 0.15) is 24.2 Å². The quantitative estimate of drug-likeness (QED) is 0.543. The van der Waals surface area contributed by atoms with Crippen LogP contribution in [0.15, 0.2) is 30.3 Å². The SMILES string of the molecule is CC(C)C(=O)c1ccccc1.[GeH4]. The summed E-state index contributed by atoms with van der Waals surface area (Å²) in [6.07, 6.45) is 0. The summed E-state index contributed by atoms with van der Waals surface area (Å²) in [6, 6.07) is 9.38. The first kappa shape index (κ1) is 11.4. The third-order valence-electron chi connectivity index (χ3n) is 1.58. The molecular formula is C10H16GeO. The first-order valence-electron chi connectivity index (χ1n) is 3.81. The molecule has 0 N–H and O–H groups in total. The van der Waals surface area contributed by atoms with Gasteiger partial charge >= 0.3 is 17.6 Å². The van der Waals surface area contributed by atoms with E-state index < -0.39 is 0 Å². The van der Waals surface area contributed by atoms with Gasteiger partial charge in [-0.2, -0.15) is 0 Å². The van der Waals surface area contributed by atoms with Crippen LogP contribution < -0.4 is 0 Å². The number of carbonyl (C=O) groups is 1. The van der Waals surface area contributed by atoms with Crippen LogP contribution in [-0.2, 0) is 0 Å². The van der Waals surface area contributed by atoms with Crippen LogP contribution in [0.5, 0.6) is 0 Å². The molecule has 0 aromatic heterocycles. The third-order valence-corrected chi connectivity index (χ3v) is 1.58. The Hall–Kier alpha value is -0.567. The molecule has 0 radical (unpaired) electrons. The monoisotopic (exact) mass is 226 g/mol. The molecule has 0 aliphatic carbocycles. The maximum absolute atomic E-state index is 11.3. The Morgan fingerprint density at radius 3 is 2.08 bits per heavy atom. The standard InChI is InChI=1S/C10H12O.GeH4/c1-8(2)10(11)9-6-4-3-5-7-9;/h3-8H,1-2H3;1H4. The van der Waals surface area contributed by atoms with Gasteiger partial charge in [-0.05, 0) is 0 Å². The Bertz CT molecular complexity index is 241. The summed E-state index contributed by atoms with van der Waals surface area (Å²) < 4.78 is 0. The van der Waals surface area contributed by atoms with Crippen molar-refractivity contribution in [2.75, 3.05) is 0 Å². The Morgan fingerprint density at radius 1 is 1.17 bits per heavy atom. The molecule has 0 aliphatic heterocycles.